The number of likely N-dealkylation sites (N-methyl/N-ethyl adjacent to an activating group) is 1. The van der Waals surface area contributed by atoms with E-state index < -0.39 is 12.2 Å². The first-order chi connectivity index (χ1) is 20.0. The van der Waals surface area contributed by atoms with Crippen molar-refractivity contribution in [1.29, 1.82) is 0 Å². The zero-order valence-electron chi connectivity index (χ0n) is 23.4. The summed E-state index contributed by atoms with van der Waals surface area (Å²) < 4.78 is 0. The van der Waals surface area contributed by atoms with Crippen LogP contribution < -0.4 is 20.9 Å². The summed E-state index contributed by atoms with van der Waals surface area (Å²) in [5.41, 5.74) is 4.50. The van der Waals surface area contributed by atoms with Gasteiger partial charge in [-0.05, 0) is 48.8 Å². The number of fused-ring (bicyclic) bond motifs is 1. The normalized spacial score (nSPS) is 18.3. The molecular weight excluding hydrogens is 530 g/mol. The van der Waals surface area contributed by atoms with Crippen molar-refractivity contribution in [1.82, 2.24) is 10.6 Å². The monoisotopic (exact) mass is 567 g/mol. The number of nitrogens with zero attached hydrogens (tertiary/aromatic N) is 2. The molecule has 3 aromatic carbocycles. The van der Waals surface area contributed by atoms with Gasteiger partial charge < -0.3 is 20.9 Å². The second-order valence-electron chi connectivity index (χ2n) is 10.7. The van der Waals surface area contributed by atoms with Crippen molar-refractivity contribution in [2.24, 2.45) is 10.9 Å². The Kier molecular flexibility index (Phi) is 9.41. The molecule has 212 valence electrons. The first-order valence-electron chi connectivity index (χ1n) is 14.4. The summed E-state index contributed by atoms with van der Waals surface area (Å²) in [6.45, 7) is 0. The molecule has 2 amide bonds. The number of carbonyl (C=O) groups excluding carboxylic acids is 2. The maximum atomic E-state index is 13.9. The summed E-state index contributed by atoms with van der Waals surface area (Å²) >= 11 is 5.58. The summed E-state index contributed by atoms with van der Waals surface area (Å²) in [5, 5.41) is 9.63. The highest BCUT2D eigenvalue weighted by molar-refractivity contribution is 7.80. The number of benzene rings is 3. The molecule has 0 bridgehead atoms. The molecule has 1 unspecified atom stereocenters. The Labute approximate surface area is 247 Å². The fourth-order valence-electron chi connectivity index (χ4n) is 5.66. The van der Waals surface area contributed by atoms with Crippen LogP contribution in [0.1, 0.15) is 49.7 Å². The second kappa shape index (κ2) is 13.5. The maximum Gasteiger partial charge on any atom is 0.272 e. The molecule has 7 nitrogen and oxygen atoms in total. The highest BCUT2D eigenvalue weighted by Crippen LogP contribution is 2.32. The van der Waals surface area contributed by atoms with Gasteiger partial charge in [0.25, 0.3) is 5.91 Å². The zero-order valence-corrected chi connectivity index (χ0v) is 24.2. The molecule has 0 radical (unpaired) electrons. The summed E-state index contributed by atoms with van der Waals surface area (Å²) in [6, 6.07) is 26.5. The van der Waals surface area contributed by atoms with E-state index in [0.29, 0.717) is 11.5 Å². The van der Waals surface area contributed by atoms with Crippen LogP contribution in [0.25, 0.3) is 0 Å². The van der Waals surface area contributed by atoms with E-state index in [9.17, 15) is 9.59 Å². The van der Waals surface area contributed by atoms with Gasteiger partial charge in [-0.15, -0.1) is 0 Å². The summed E-state index contributed by atoms with van der Waals surface area (Å²) in [6.07, 6.45) is 6.13. The quantitative estimate of drug-likeness (QED) is 0.261. The van der Waals surface area contributed by atoms with Crippen LogP contribution in [0.2, 0.25) is 0 Å². The van der Waals surface area contributed by atoms with Crippen molar-refractivity contribution in [3.63, 3.8) is 0 Å². The van der Waals surface area contributed by atoms with Gasteiger partial charge >= 0.3 is 0 Å². The van der Waals surface area contributed by atoms with E-state index >= 15 is 0 Å². The molecule has 5 rings (SSSR count). The molecule has 1 aliphatic carbocycles. The second-order valence-corrected chi connectivity index (χ2v) is 11.1. The number of para-hydroxylation sites is 2. The topological polar surface area (TPSA) is 85.8 Å². The van der Waals surface area contributed by atoms with E-state index in [2.05, 4.69) is 16.0 Å². The molecule has 0 saturated heterocycles. The van der Waals surface area contributed by atoms with Gasteiger partial charge in [0.15, 0.2) is 5.11 Å². The third-order valence-corrected chi connectivity index (χ3v) is 8.05. The lowest BCUT2D eigenvalue weighted by molar-refractivity contribution is -0.128. The molecule has 41 heavy (non-hydrogen) atoms. The third-order valence-electron chi connectivity index (χ3n) is 7.83. The van der Waals surface area contributed by atoms with Crippen LogP contribution in [-0.4, -0.2) is 41.9 Å². The molecular formula is C33H37N5O2S. The Hall–Kier alpha value is -4.04. The molecule has 1 heterocycles. The molecule has 2 atom stereocenters. The van der Waals surface area contributed by atoms with E-state index in [1.165, 1.54) is 12.8 Å². The van der Waals surface area contributed by atoms with Crippen molar-refractivity contribution < 1.29 is 9.59 Å². The van der Waals surface area contributed by atoms with Crippen molar-refractivity contribution >= 4 is 46.2 Å². The number of hydrogen-bond donors (Lipinski definition) is 3. The number of thiocarbonyl (C=S) groups is 1. The van der Waals surface area contributed by atoms with E-state index in [1.54, 1.807) is 11.9 Å². The van der Waals surface area contributed by atoms with Gasteiger partial charge in [0.1, 0.15) is 6.04 Å². The molecule has 0 spiro atoms. The van der Waals surface area contributed by atoms with Crippen LogP contribution in [-0.2, 0) is 16.0 Å². The number of hydrogen-bond acceptors (Lipinski definition) is 4. The highest BCUT2D eigenvalue weighted by Gasteiger charge is 2.34. The lowest BCUT2D eigenvalue weighted by Gasteiger charge is -2.24. The summed E-state index contributed by atoms with van der Waals surface area (Å²) in [7, 11) is 1.75. The Morgan fingerprint density at radius 3 is 2.27 bits per heavy atom. The van der Waals surface area contributed by atoms with Crippen molar-refractivity contribution in [3.8, 4) is 0 Å². The molecule has 0 aromatic heterocycles. The van der Waals surface area contributed by atoms with E-state index in [4.69, 9.17) is 17.2 Å². The van der Waals surface area contributed by atoms with Crippen LogP contribution in [0.4, 0.5) is 11.4 Å². The number of carbonyl (C=O) groups is 2. The minimum Gasteiger partial charge on any atom is -0.350 e. The van der Waals surface area contributed by atoms with Crippen LogP contribution in [0, 0.1) is 5.92 Å². The Morgan fingerprint density at radius 1 is 0.927 bits per heavy atom. The lowest BCUT2D eigenvalue weighted by Crippen LogP contribution is -2.54. The molecule has 8 heteroatoms. The van der Waals surface area contributed by atoms with Gasteiger partial charge in [-0.2, -0.15) is 0 Å². The van der Waals surface area contributed by atoms with Gasteiger partial charge in [-0.25, -0.2) is 0 Å². The van der Waals surface area contributed by atoms with Crippen LogP contribution in [0.3, 0.4) is 0 Å². The Bertz CT molecular complexity index is 1390. The van der Waals surface area contributed by atoms with Crippen LogP contribution in [0.15, 0.2) is 89.9 Å². The third kappa shape index (κ3) is 7.19. The minimum atomic E-state index is -1.03. The predicted octanol–water partition coefficient (Wildman–Crippen LogP) is 5.46. The highest BCUT2D eigenvalue weighted by atomic mass is 32.1. The first-order valence-corrected chi connectivity index (χ1v) is 14.8. The zero-order chi connectivity index (χ0) is 28.6. The number of amides is 2. The number of anilines is 2. The smallest absolute Gasteiger partial charge is 0.272 e. The van der Waals surface area contributed by atoms with Gasteiger partial charge in [0, 0.05) is 30.6 Å². The largest absolute Gasteiger partial charge is 0.350 e. The fraction of sp³-hybridized carbons (Fsp3) is 0.333. The Morgan fingerprint density at radius 2 is 1.56 bits per heavy atom. The molecule has 1 fully saturated rings. The Balaban J connectivity index is 1.42. The molecule has 1 saturated carbocycles. The van der Waals surface area contributed by atoms with Gasteiger partial charge in [0.2, 0.25) is 12.1 Å². The standard InChI is InChI=1S/C33H37N5O2S/c1-38-28-21-13-12-20-26(28)29(24-16-8-2-3-9-17-24)36-30(32(38)40)37-31(39)27(22-23-14-6-4-7-15-23)35-33(41)34-25-18-10-5-11-19-25/h4-7,10-15,18-21,24,27,30H,2-3,8-9,16-17,22H2,1H3,(H,37,39)(H2,34,35,41)/t27-,30?/m1/s1. The average molecular weight is 568 g/mol. The van der Waals surface area contributed by atoms with Crippen LogP contribution in [0.5, 0.6) is 0 Å². The van der Waals surface area contributed by atoms with E-state index in [1.807, 2.05) is 84.9 Å². The predicted molar refractivity (Wildman–Crippen MR) is 169 cm³/mol. The minimum absolute atomic E-state index is 0.248. The number of aliphatic imine (C=N–C) groups is 1. The van der Waals surface area contributed by atoms with Crippen molar-refractivity contribution in [3.05, 3.63) is 96.1 Å². The van der Waals surface area contributed by atoms with Crippen molar-refractivity contribution in [2.45, 2.75) is 57.2 Å². The first kappa shape index (κ1) is 28.5. The van der Waals surface area contributed by atoms with Gasteiger partial charge in [0.05, 0.1) is 11.4 Å². The van der Waals surface area contributed by atoms with Gasteiger partial charge in [-0.3, -0.25) is 14.6 Å². The van der Waals surface area contributed by atoms with Crippen LogP contribution >= 0.6 is 12.2 Å². The molecule has 3 aromatic rings. The fourth-order valence-corrected chi connectivity index (χ4v) is 5.92. The average Bonchev–Trinajstić information content (AvgIpc) is 3.33. The van der Waals surface area contributed by atoms with E-state index in [-0.39, 0.29) is 17.7 Å². The van der Waals surface area contributed by atoms with Crippen molar-refractivity contribution in [2.75, 3.05) is 17.3 Å². The number of benzodiazepines with no additional fused rings is 1. The molecule has 3 N–H and O–H groups in total. The summed E-state index contributed by atoms with van der Waals surface area (Å²) in [4.78, 5) is 34.2. The van der Waals surface area contributed by atoms with E-state index in [0.717, 1.165) is 53.9 Å². The summed E-state index contributed by atoms with van der Waals surface area (Å²) in [5.74, 6) is -0.358. The SMILES string of the molecule is CN1C(=O)C(NC(=O)[C@@H](Cc2ccccc2)NC(=S)Nc2ccccc2)N=C(C2CCCCCC2)c2ccccc21. The van der Waals surface area contributed by atoms with Gasteiger partial charge in [-0.1, -0.05) is 92.4 Å². The number of rotatable bonds is 7. The molecule has 1 aliphatic heterocycles. The number of nitrogens with one attached hydrogen (secondary N) is 3. The lowest BCUT2D eigenvalue weighted by atomic mass is 9.89. The molecule has 2 aliphatic rings. The maximum absolute atomic E-state index is 13.9.